The molecule has 106 valence electrons. The van der Waals surface area contributed by atoms with Crippen LogP contribution in [0.25, 0.3) is 0 Å². The van der Waals surface area contributed by atoms with E-state index in [2.05, 4.69) is 37.9 Å². The molecule has 0 aliphatic rings. The summed E-state index contributed by atoms with van der Waals surface area (Å²) in [5.41, 5.74) is 9.16. The first-order chi connectivity index (χ1) is 9.41. The lowest BCUT2D eigenvalue weighted by Gasteiger charge is -2.20. The fraction of sp³-hybridized carbons (Fsp3) is 0.353. The minimum absolute atomic E-state index is 0.0934. The maximum atomic E-state index is 5.93. The van der Waals surface area contributed by atoms with E-state index in [1.165, 1.54) is 5.56 Å². The van der Waals surface area contributed by atoms with Crippen LogP contribution in [0, 0.1) is 6.92 Å². The average Bonchev–Trinajstić information content (AvgIpc) is 2.38. The summed E-state index contributed by atoms with van der Waals surface area (Å²) in [6.45, 7) is 8.99. The lowest BCUT2D eigenvalue weighted by molar-refractivity contribution is 0.452. The Morgan fingerprint density at radius 3 is 2.60 bits per heavy atom. The topological polar surface area (TPSA) is 48.1 Å². The second-order valence-electron chi connectivity index (χ2n) is 6.00. The molecule has 1 heterocycles. The van der Waals surface area contributed by atoms with E-state index in [1.807, 2.05) is 25.1 Å². The number of aryl methyl sites for hydroxylation is 1. The fourth-order valence-corrected chi connectivity index (χ4v) is 2.04. The number of nitrogens with zero attached hydrogens (tertiary/aromatic N) is 1. The predicted octanol–water partition coefficient (Wildman–Crippen LogP) is 3.94. The van der Waals surface area contributed by atoms with E-state index in [4.69, 9.17) is 10.5 Å². The molecule has 2 rings (SSSR count). The number of hydrogen-bond acceptors (Lipinski definition) is 3. The largest absolute Gasteiger partial charge is 0.439 e. The van der Waals surface area contributed by atoms with E-state index in [0.29, 0.717) is 12.4 Å². The van der Waals surface area contributed by atoms with Gasteiger partial charge in [-0.1, -0.05) is 32.9 Å². The molecular weight excluding hydrogens is 248 g/mol. The van der Waals surface area contributed by atoms with Gasteiger partial charge in [-0.2, -0.15) is 0 Å². The van der Waals surface area contributed by atoms with Crippen molar-refractivity contribution in [2.75, 3.05) is 0 Å². The third-order valence-electron chi connectivity index (χ3n) is 3.37. The van der Waals surface area contributed by atoms with Gasteiger partial charge in [-0.15, -0.1) is 0 Å². The molecule has 3 nitrogen and oxygen atoms in total. The van der Waals surface area contributed by atoms with Crippen LogP contribution in [0.2, 0.25) is 0 Å². The van der Waals surface area contributed by atoms with Crippen molar-refractivity contribution >= 4 is 0 Å². The van der Waals surface area contributed by atoms with Gasteiger partial charge in [0.1, 0.15) is 5.75 Å². The zero-order chi connectivity index (χ0) is 14.8. The first-order valence-corrected chi connectivity index (χ1v) is 6.85. The molecule has 0 saturated carbocycles. The molecule has 20 heavy (non-hydrogen) atoms. The summed E-state index contributed by atoms with van der Waals surface area (Å²) < 4.78 is 5.93. The van der Waals surface area contributed by atoms with Gasteiger partial charge < -0.3 is 10.5 Å². The second-order valence-corrected chi connectivity index (χ2v) is 6.00. The summed E-state index contributed by atoms with van der Waals surface area (Å²) in [5, 5.41) is 0. The van der Waals surface area contributed by atoms with Gasteiger partial charge in [0.05, 0.1) is 0 Å². The maximum absolute atomic E-state index is 5.93. The van der Waals surface area contributed by atoms with Crippen molar-refractivity contribution < 1.29 is 4.74 Å². The van der Waals surface area contributed by atoms with Crippen LogP contribution in [0.3, 0.4) is 0 Å². The van der Waals surface area contributed by atoms with E-state index in [0.717, 1.165) is 16.9 Å². The summed E-state index contributed by atoms with van der Waals surface area (Å²) in [6, 6.07) is 10.1. The number of pyridine rings is 1. The Labute approximate surface area is 120 Å². The second kappa shape index (κ2) is 5.63. The van der Waals surface area contributed by atoms with Crippen molar-refractivity contribution in [1.82, 2.24) is 4.98 Å². The van der Waals surface area contributed by atoms with Crippen molar-refractivity contribution in [3.05, 3.63) is 53.2 Å². The summed E-state index contributed by atoms with van der Waals surface area (Å²) >= 11 is 0. The van der Waals surface area contributed by atoms with Crippen LogP contribution >= 0.6 is 0 Å². The number of rotatable bonds is 3. The van der Waals surface area contributed by atoms with E-state index < -0.39 is 0 Å². The Kier molecular flexibility index (Phi) is 4.09. The molecule has 0 unspecified atom stereocenters. The number of benzene rings is 1. The normalized spacial score (nSPS) is 11.4. The molecule has 2 aromatic rings. The van der Waals surface area contributed by atoms with Crippen LogP contribution in [0.4, 0.5) is 0 Å². The highest BCUT2D eigenvalue weighted by atomic mass is 16.5. The Morgan fingerprint density at radius 1 is 1.20 bits per heavy atom. The maximum Gasteiger partial charge on any atom is 0.223 e. The zero-order valence-corrected chi connectivity index (χ0v) is 12.6. The molecule has 2 N–H and O–H groups in total. The molecule has 0 spiro atoms. The summed E-state index contributed by atoms with van der Waals surface area (Å²) in [6.07, 6.45) is 1.75. The molecule has 1 aromatic carbocycles. The molecule has 0 fully saturated rings. The molecule has 1 aromatic heterocycles. The van der Waals surface area contributed by atoms with Crippen molar-refractivity contribution in [3.8, 4) is 11.6 Å². The van der Waals surface area contributed by atoms with Crippen molar-refractivity contribution in [3.63, 3.8) is 0 Å². The van der Waals surface area contributed by atoms with Crippen LogP contribution in [0.15, 0.2) is 36.5 Å². The van der Waals surface area contributed by atoms with Crippen LogP contribution in [-0.4, -0.2) is 4.98 Å². The SMILES string of the molecule is Cc1ccnc(Oc2cccc(C(C)(C)C)c2)c1CN. The third kappa shape index (κ3) is 3.17. The van der Waals surface area contributed by atoms with Crippen molar-refractivity contribution in [1.29, 1.82) is 0 Å². The smallest absolute Gasteiger partial charge is 0.223 e. The van der Waals surface area contributed by atoms with Crippen LogP contribution in [0.1, 0.15) is 37.5 Å². The van der Waals surface area contributed by atoms with Crippen molar-refractivity contribution in [2.24, 2.45) is 5.73 Å². The Hall–Kier alpha value is -1.87. The van der Waals surface area contributed by atoms with Gasteiger partial charge in [0.25, 0.3) is 0 Å². The average molecular weight is 270 g/mol. The van der Waals surface area contributed by atoms with E-state index >= 15 is 0 Å². The highest BCUT2D eigenvalue weighted by molar-refractivity contribution is 5.39. The highest BCUT2D eigenvalue weighted by Crippen LogP contribution is 2.29. The molecule has 0 atom stereocenters. The van der Waals surface area contributed by atoms with Crippen LogP contribution in [-0.2, 0) is 12.0 Å². The van der Waals surface area contributed by atoms with Crippen molar-refractivity contribution in [2.45, 2.75) is 39.7 Å². The van der Waals surface area contributed by atoms with Gasteiger partial charge >= 0.3 is 0 Å². The first-order valence-electron chi connectivity index (χ1n) is 6.85. The Balaban J connectivity index is 2.34. The Morgan fingerprint density at radius 2 is 1.95 bits per heavy atom. The van der Waals surface area contributed by atoms with Gasteiger partial charge in [-0.25, -0.2) is 4.98 Å². The van der Waals surface area contributed by atoms with E-state index in [9.17, 15) is 0 Å². The van der Waals surface area contributed by atoms with Gasteiger partial charge in [-0.05, 0) is 41.7 Å². The minimum atomic E-state index is 0.0934. The standard InChI is InChI=1S/C17H22N2O/c1-12-8-9-19-16(15(12)11-18)20-14-7-5-6-13(10-14)17(2,3)4/h5-10H,11,18H2,1-4H3. The minimum Gasteiger partial charge on any atom is -0.439 e. The summed E-state index contributed by atoms with van der Waals surface area (Å²) in [4.78, 5) is 4.30. The predicted molar refractivity (Wildman–Crippen MR) is 82.1 cm³/mol. The van der Waals surface area contributed by atoms with Crippen LogP contribution in [0.5, 0.6) is 11.6 Å². The Bertz CT molecular complexity index is 600. The molecule has 0 bridgehead atoms. The third-order valence-corrected chi connectivity index (χ3v) is 3.37. The molecule has 0 aliphatic carbocycles. The van der Waals surface area contributed by atoms with Gasteiger partial charge in [0.15, 0.2) is 0 Å². The lowest BCUT2D eigenvalue weighted by atomic mass is 9.87. The highest BCUT2D eigenvalue weighted by Gasteiger charge is 2.15. The summed E-state index contributed by atoms with van der Waals surface area (Å²) in [7, 11) is 0. The summed E-state index contributed by atoms with van der Waals surface area (Å²) in [5.74, 6) is 1.39. The van der Waals surface area contributed by atoms with Crippen LogP contribution < -0.4 is 10.5 Å². The molecule has 3 heteroatoms. The monoisotopic (exact) mass is 270 g/mol. The molecule has 0 saturated heterocycles. The molecule has 0 radical (unpaired) electrons. The van der Waals surface area contributed by atoms with E-state index in [1.54, 1.807) is 6.20 Å². The molecular formula is C17H22N2O. The number of hydrogen-bond donors (Lipinski definition) is 1. The molecule has 0 aliphatic heterocycles. The number of ether oxygens (including phenoxy) is 1. The van der Waals surface area contributed by atoms with Gasteiger partial charge in [0, 0.05) is 18.3 Å². The van der Waals surface area contributed by atoms with Gasteiger partial charge in [0.2, 0.25) is 5.88 Å². The van der Waals surface area contributed by atoms with E-state index in [-0.39, 0.29) is 5.41 Å². The number of aromatic nitrogens is 1. The first kappa shape index (κ1) is 14.5. The quantitative estimate of drug-likeness (QED) is 0.919. The van der Waals surface area contributed by atoms with Gasteiger partial charge in [-0.3, -0.25) is 0 Å². The fourth-order valence-electron chi connectivity index (χ4n) is 2.04. The lowest BCUT2D eigenvalue weighted by Crippen LogP contribution is -2.11. The zero-order valence-electron chi connectivity index (χ0n) is 12.6. The number of nitrogens with two attached hydrogens (primary N) is 1. The molecule has 0 amide bonds.